The second-order valence-corrected chi connectivity index (χ2v) is 5.38. The lowest BCUT2D eigenvalue weighted by Crippen LogP contribution is -2.17. The zero-order valence-corrected chi connectivity index (χ0v) is 10.4. The normalized spacial score (nSPS) is 17.4. The molecule has 1 aromatic carbocycles. The Morgan fingerprint density at radius 1 is 1.24 bits per heavy atom. The van der Waals surface area contributed by atoms with Crippen molar-refractivity contribution in [2.75, 3.05) is 0 Å². The second kappa shape index (κ2) is 4.53. The van der Waals surface area contributed by atoms with E-state index >= 15 is 0 Å². The molecule has 17 heavy (non-hydrogen) atoms. The number of ketones is 1. The highest BCUT2D eigenvalue weighted by Crippen LogP contribution is 2.30. The molecule has 0 radical (unpaired) electrons. The maximum atomic E-state index is 12.5. The lowest BCUT2D eigenvalue weighted by molar-refractivity contribution is 0.0891. The average molecular weight is 246 g/mol. The predicted octanol–water partition coefficient (Wildman–Crippen LogP) is 3.45. The van der Waals surface area contributed by atoms with Gasteiger partial charge in [-0.15, -0.1) is 5.10 Å². The summed E-state index contributed by atoms with van der Waals surface area (Å²) in [6, 6.07) is 5.73. The number of carbonyl (C=O) groups is 1. The van der Waals surface area contributed by atoms with Gasteiger partial charge in [-0.1, -0.05) is 29.8 Å². The average Bonchev–Trinajstić information content (AvgIpc) is 2.87. The number of nitrogens with zero attached hydrogens (tertiary/aromatic N) is 2. The first-order valence-corrected chi connectivity index (χ1v) is 6.89. The van der Waals surface area contributed by atoms with Crippen molar-refractivity contribution in [2.45, 2.75) is 32.1 Å². The van der Waals surface area contributed by atoms with Gasteiger partial charge in [-0.3, -0.25) is 4.79 Å². The Kier molecular flexibility index (Phi) is 2.89. The minimum absolute atomic E-state index is 0.219. The van der Waals surface area contributed by atoms with E-state index in [0.717, 1.165) is 28.6 Å². The Bertz CT molecular complexity index is 543. The van der Waals surface area contributed by atoms with Crippen LogP contribution in [-0.4, -0.2) is 15.4 Å². The molecule has 1 fully saturated rings. The standard InChI is InChI=1S/C13H14N2OS/c16-12(9-5-2-1-3-6-9)10-7-4-8-11-13(10)17-15-14-11/h4,7-9H,1-3,5-6H2. The monoisotopic (exact) mass is 246 g/mol. The van der Waals surface area contributed by atoms with Gasteiger partial charge in [0.2, 0.25) is 0 Å². The number of hydrogen-bond acceptors (Lipinski definition) is 4. The number of hydrogen-bond donors (Lipinski definition) is 0. The minimum Gasteiger partial charge on any atom is -0.294 e. The first-order valence-electron chi connectivity index (χ1n) is 6.11. The molecule has 0 amide bonds. The number of carbonyl (C=O) groups excluding carboxylic acids is 1. The van der Waals surface area contributed by atoms with E-state index in [-0.39, 0.29) is 5.92 Å². The van der Waals surface area contributed by atoms with E-state index < -0.39 is 0 Å². The smallest absolute Gasteiger partial charge is 0.167 e. The molecule has 3 nitrogen and oxygen atoms in total. The van der Waals surface area contributed by atoms with Crippen LogP contribution in [0.2, 0.25) is 0 Å². The second-order valence-electron chi connectivity index (χ2n) is 4.63. The van der Waals surface area contributed by atoms with Crippen molar-refractivity contribution in [3.63, 3.8) is 0 Å². The van der Waals surface area contributed by atoms with Gasteiger partial charge in [-0.05, 0) is 36.5 Å². The molecule has 0 saturated heterocycles. The Hall–Kier alpha value is -1.29. The maximum absolute atomic E-state index is 12.5. The molecule has 4 heteroatoms. The van der Waals surface area contributed by atoms with Crippen LogP contribution in [0.5, 0.6) is 0 Å². The summed E-state index contributed by atoms with van der Waals surface area (Å²) in [5.41, 5.74) is 1.67. The van der Waals surface area contributed by atoms with E-state index in [1.54, 1.807) is 0 Å². The largest absolute Gasteiger partial charge is 0.294 e. The van der Waals surface area contributed by atoms with Crippen molar-refractivity contribution in [3.8, 4) is 0 Å². The maximum Gasteiger partial charge on any atom is 0.167 e. The van der Waals surface area contributed by atoms with Gasteiger partial charge in [0.15, 0.2) is 5.78 Å². The van der Waals surface area contributed by atoms with Gasteiger partial charge in [0.25, 0.3) is 0 Å². The molecular formula is C13H14N2OS. The Balaban J connectivity index is 1.97. The molecule has 0 atom stereocenters. The molecule has 1 aliphatic carbocycles. The molecule has 1 aromatic heterocycles. The highest BCUT2D eigenvalue weighted by atomic mass is 32.1. The van der Waals surface area contributed by atoms with Crippen molar-refractivity contribution in [3.05, 3.63) is 23.8 Å². The van der Waals surface area contributed by atoms with Gasteiger partial charge < -0.3 is 0 Å². The molecule has 1 aliphatic rings. The van der Waals surface area contributed by atoms with Gasteiger partial charge in [0.05, 0.1) is 4.70 Å². The highest BCUT2D eigenvalue weighted by molar-refractivity contribution is 7.13. The van der Waals surface area contributed by atoms with Gasteiger partial charge in [0.1, 0.15) is 5.52 Å². The highest BCUT2D eigenvalue weighted by Gasteiger charge is 2.24. The summed E-state index contributed by atoms with van der Waals surface area (Å²) in [4.78, 5) is 12.5. The minimum atomic E-state index is 0.219. The summed E-state index contributed by atoms with van der Waals surface area (Å²) < 4.78 is 4.88. The summed E-state index contributed by atoms with van der Waals surface area (Å²) in [5.74, 6) is 0.512. The first kappa shape index (κ1) is 10.8. The summed E-state index contributed by atoms with van der Waals surface area (Å²) in [6.45, 7) is 0. The van der Waals surface area contributed by atoms with Crippen LogP contribution in [0.4, 0.5) is 0 Å². The molecule has 1 heterocycles. The number of rotatable bonds is 2. The summed E-state index contributed by atoms with van der Waals surface area (Å²) >= 11 is 1.32. The van der Waals surface area contributed by atoms with E-state index in [2.05, 4.69) is 9.59 Å². The van der Waals surface area contributed by atoms with Crippen LogP contribution < -0.4 is 0 Å². The quantitative estimate of drug-likeness (QED) is 0.762. The fourth-order valence-electron chi connectivity index (χ4n) is 2.58. The van der Waals surface area contributed by atoms with Crippen LogP contribution in [0.25, 0.3) is 10.2 Å². The number of fused-ring (bicyclic) bond motifs is 1. The third kappa shape index (κ3) is 1.97. The summed E-state index contributed by atoms with van der Waals surface area (Å²) in [7, 11) is 0. The Morgan fingerprint density at radius 2 is 2.06 bits per heavy atom. The van der Waals surface area contributed by atoms with Crippen molar-refractivity contribution in [1.82, 2.24) is 9.59 Å². The van der Waals surface area contributed by atoms with Crippen molar-refractivity contribution < 1.29 is 4.79 Å². The van der Waals surface area contributed by atoms with Gasteiger partial charge in [-0.25, -0.2) is 0 Å². The molecule has 0 aliphatic heterocycles. The van der Waals surface area contributed by atoms with Crippen molar-refractivity contribution in [2.24, 2.45) is 5.92 Å². The third-order valence-corrected chi connectivity index (χ3v) is 4.29. The fraction of sp³-hybridized carbons (Fsp3) is 0.462. The van der Waals surface area contributed by atoms with E-state index in [0.29, 0.717) is 5.78 Å². The summed E-state index contributed by atoms with van der Waals surface area (Å²) in [5, 5.41) is 4.02. The SMILES string of the molecule is O=C(c1cccc2nnsc12)C1CCCCC1. The molecule has 0 bridgehead atoms. The van der Waals surface area contributed by atoms with Crippen molar-refractivity contribution >= 4 is 27.5 Å². The van der Waals surface area contributed by atoms with Crippen molar-refractivity contribution in [1.29, 1.82) is 0 Å². The van der Waals surface area contributed by atoms with Gasteiger partial charge >= 0.3 is 0 Å². The predicted molar refractivity (Wildman–Crippen MR) is 68.3 cm³/mol. The molecule has 2 aromatic rings. The molecule has 0 spiro atoms. The van der Waals surface area contributed by atoms with Crippen LogP contribution in [0.1, 0.15) is 42.5 Å². The number of benzene rings is 1. The van der Waals surface area contributed by atoms with E-state index in [4.69, 9.17) is 0 Å². The van der Waals surface area contributed by atoms with Crippen LogP contribution in [0.3, 0.4) is 0 Å². The Labute approximate surface area is 104 Å². The number of aromatic nitrogens is 2. The first-order chi connectivity index (χ1) is 8.36. The van der Waals surface area contributed by atoms with Crippen LogP contribution in [0.15, 0.2) is 18.2 Å². The van der Waals surface area contributed by atoms with Crippen LogP contribution in [-0.2, 0) is 0 Å². The zero-order chi connectivity index (χ0) is 11.7. The van der Waals surface area contributed by atoms with Gasteiger partial charge in [-0.2, -0.15) is 0 Å². The molecular weight excluding hydrogens is 232 g/mol. The lowest BCUT2D eigenvalue weighted by Gasteiger charge is -2.20. The number of Topliss-reactive ketones (excluding diaryl/α,β-unsaturated/α-hetero) is 1. The zero-order valence-electron chi connectivity index (χ0n) is 9.56. The third-order valence-electron chi connectivity index (χ3n) is 3.52. The van der Waals surface area contributed by atoms with Crippen LogP contribution in [0, 0.1) is 5.92 Å². The summed E-state index contributed by atoms with van der Waals surface area (Å²) in [6.07, 6.45) is 5.74. The van der Waals surface area contributed by atoms with E-state index in [1.165, 1.54) is 30.8 Å². The molecule has 0 unspecified atom stereocenters. The molecule has 88 valence electrons. The fourth-order valence-corrected chi connectivity index (χ4v) is 3.26. The van der Waals surface area contributed by atoms with Gasteiger partial charge in [0, 0.05) is 11.5 Å². The lowest BCUT2D eigenvalue weighted by atomic mass is 9.84. The molecule has 1 saturated carbocycles. The van der Waals surface area contributed by atoms with E-state index in [1.807, 2.05) is 18.2 Å². The topological polar surface area (TPSA) is 42.9 Å². The molecule has 0 N–H and O–H groups in total. The molecule has 3 rings (SSSR count). The Morgan fingerprint density at radius 3 is 2.88 bits per heavy atom. The van der Waals surface area contributed by atoms with E-state index in [9.17, 15) is 4.79 Å². The van der Waals surface area contributed by atoms with Crippen LogP contribution >= 0.6 is 11.5 Å².